The fraction of sp³-hybridized carbons (Fsp3) is 0.636. The average Bonchev–Trinajstić information content (AvgIpc) is 2.33. The molecule has 0 saturated heterocycles. The average molecular weight is 258 g/mol. The molecule has 1 N–H and O–H groups in total. The summed E-state index contributed by atoms with van der Waals surface area (Å²) >= 11 is 0. The second kappa shape index (κ2) is 10.2. The van der Waals surface area contributed by atoms with Gasteiger partial charge in [-0.05, 0) is 25.3 Å². The fourth-order valence-electron chi connectivity index (χ4n) is 1.18. The maximum atomic E-state index is 11.3. The predicted molar refractivity (Wildman–Crippen MR) is 65.1 cm³/mol. The van der Waals surface area contributed by atoms with E-state index in [2.05, 4.69) is 5.16 Å². The van der Waals surface area contributed by atoms with Crippen molar-refractivity contribution in [2.45, 2.75) is 39.0 Å². The van der Waals surface area contributed by atoms with Crippen LogP contribution in [0.4, 0.5) is 0 Å². The number of nitro groups is 1. The van der Waals surface area contributed by atoms with Crippen molar-refractivity contribution in [2.75, 3.05) is 6.54 Å². The molecule has 0 spiro atoms. The second-order valence-corrected chi connectivity index (χ2v) is 3.60. The summed E-state index contributed by atoms with van der Waals surface area (Å²) in [6.07, 6.45) is 5.46. The van der Waals surface area contributed by atoms with E-state index in [-0.39, 0.29) is 23.6 Å². The van der Waals surface area contributed by atoms with Crippen molar-refractivity contribution >= 4 is 11.7 Å². The highest BCUT2D eigenvalue weighted by molar-refractivity contribution is 6.36. The number of rotatable bonds is 9. The van der Waals surface area contributed by atoms with E-state index < -0.39 is 5.97 Å². The van der Waals surface area contributed by atoms with E-state index in [0.717, 1.165) is 6.42 Å². The number of hydrogen-bond acceptors (Lipinski definition) is 6. The van der Waals surface area contributed by atoms with Crippen LogP contribution in [0.15, 0.2) is 17.5 Å². The largest absolute Gasteiger partial charge is 0.430 e. The lowest BCUT2D eigenvalue weighted by molar-refractivity contribution is -0.480. The predicted octanol–water partition coefficient (Wildman–Crippen LogP) is 2.12. The monoisotopic (exact) mass is 258 g/mol. The Hall–Kier alpha value is -1.92. The number of nitrogens with zero attached hydrogens (tertiary/aromatic N) is 2. The minimum atomic E-state index is -0.698. The SMILES string of the molecule is CCC=COC(=O)C(CCCCC[N+](=O)[O-])=NO. The zero-order valence-electron chi connectivity index (χ0n) is 10.4. The van der Waals surface area contributed by atoms with Crippen LogP contribution in [0.5, 0.6) is 0 Å². The molecule has 0 aliphatic heterocycles. The van der Waals surface area contributed by atoms with Gasteiger partial charge in [-0.3, -0.25) is 10.1 Å². The summed E-state index contributed by atoms with van der Waals surface area (Å²) in [6, 6.07) is 0. The van der Waals surface area contributed by atoms with Crippen molar-refractivity contribution in [3.63, 3.8) is 0 Å². The first kappa shape index (κ1) is 16.1. The molecule has 0 aromatic carbocycles. The van der Waals surface area contributed by atoms with Crippen LogP contribution in [0, 0.1) is 10.1 Å². The summed E-state index contributed by atoms with van der Waals surface area (Å²) in [5, 5.41) is 21.6. The van der Waals surface area contributed by atoms with Gasteiger partial charge in [0.1, 0.15) is 0 Å². The van der Waals surface area contributed by atoms with Crippen molar-refractivity contribution in [2.24, 2.45) is 5.16 Å². The van der Waals surface area contributed by atoms with E-state index in [4.69, 9.17) is 9.94 Å². The smallest absolute Gasteiger partial charge is 0.360 e. The number of allylic oxidation sites excluding steroid dienone is 1. The first-order chi connectivity index (χ1) is 8.61. The molecule has 0 bridgehead atoms. The van der Waals surface area contributed by atoms with Crippen molar-refractivity contribution in [1.29, 1.82) is 0 Å². The number of oxime groups is 1. The van der Waals surface area contributed by atoms with Crippen LogP contribution in [-0.2, 0) is 9.53 Å². The Labute approximate surface area is 105 Å². The van der Waals surface area contributed by atoms with Crippen LogP contribution in [-0.4, -0.2) is 28.4 Å². The summed E-state index contributed by atoms with van der Waals surface area (Å²) in [7, 11) is 0. The molecule has 0 amide bonds. The molecule has 102 valence electrons. The van der Waals surface area contributed by atoms with Gasteiger partial charge in [-0.2, -0.15) is 0 Å². The van der Waals surface area contributed by atoms with Crippen molar-refractivity contribution in [3.8, 4) is 0 Å². The number of carbonyl (C=O) groups is 1. The Morgan fingerprint density at radius 1 is 1.44 bits per heavy atom. The van der Waals surface area contributed by atoms with Crippen LogP contribution < -0.4 is 0 Å². The Balaban J connectivity index is 3.87. The van der Waals surface area contributed by atoms with E-state index in [1.165, 1.54) is 6.26 Å². The van der Waals surface area contributed by atoms with Crippen LogP contribution in [0.2, 0.25) is 0 Å². The van der Waals surface area contributed by atoms with Crippen LogP contribution in [0.3, 0.4) is 0 Å². The minimum Gasteiger partial charge on any atom is -0.430 e. The Kier molecular flexibility index (Phi) is 9.15. The van der Waals surface area contributed by atoms with Gasteiger partial charge in [-0.15, -0.1) is 0 Å². The Bertz CT molecular complexity index is 325. The van der Waals surface area contributed by atoms with Gasteiger partial charge in [-0.25, -0.2) is 4.79 Å². The lowest BCUT2D eigenvalue weighted by atomic mass is 10.1. The highest BCUT2D eigenvalue weighted by atomic mass is 16.6. The minimum absolute atomic E-state index is 0.0724. The molecule has 7 heteroatoms. The third-order valence-electron chi connectivity index (χ3n) is 2.12. The molecular weight excluding hydrogens is 240 g/mol. The third kappa shape index (κ3) is 8.26. The molecule has 0 atom stereocenters. The summed E-state index contributed by atoms with van der Waals surface area (Å²) < 4.78 is 4.71. The van der Waals surface area contributed by atoms with Gasteiger partial charge >= 0.3 is 5.97 Å². The quantitative estimate of drug-likeness (QED) is 0.130. The number of hydrogen-bond donors (Lipinski definition) is 1. The van der Waals surface area contributed by atoms with Crippen molar-refractivity contribution in [1.82, 2.24) is 0 Å². The zero-order chi connectivity index (χ0) is 13.8. The molecule has 0 unspecified atom stereocenters. The number of ether oxygens (including phenoxy) is 1. The summed E-state index contributed by atoms with van der Waals surface area (Å²) in [5.41, 5.74) is -0.0724. The number of carbonyl (C=O) groups excluding carboxylic acids is 1. The molecule has 0 rings (SSSR count). The van der Waals surface area contributed by atoms with E-state index >= 15 is 0 Å². The lowest BCUT2D eigenvalue weighted by Gasteiger charge is -2.01. The van der Waals surface area contributed by atoms with Crippen LogP contribution in [0.1, 0.15) is 39.0 Å². The molecule has 0 aliphatic carbocycles. The van der Waals surface area contributed by atoms with Gasteiger partial charge in [0.25, 0.3) is 0 Å². The van der Waals surface area contributed by atoms with E-state index in [0.29, 0.717) is 19.3 Å². The highest BCUT2D eigenvalue weighted by Crippen LogP contribution is 2.03. The molecule has 0 heterocycles. The summed E-state index contributed by atoms with van der Waals surface area (Å²) in [6.45, 7) is 1.80. The third-order valence-corrected chi connectivity index (χ3v) is 2.12. The van der Waals surface area contributed by atoms with Crippen molar-refractivity contribution < 1.29 is 19.7 Å². The van der Waals surface area contributed by atoms with Crippen molar-refractivity contribution in [3.05, 3.63) is 22.5 Å². The molecule has 7 nitrogen and oxygen atoms in total. The zero-order valence-corrected chi connectivity index (χ0v) is 10.4. The van der Waals surface area contributed by atoms with Crippen LogP contribution >= 0.6 is 0 Å². The topological polar surface area (TPSA) is 102 Å². The Morgan fingerprint density at radius 3 is 2.72 bits per heavy atom. The first-order valence-corrected chi connectivity index (χ1v) is 5.80. The van der Waals surface area contributed by atoms with E-state index in [1.807, 2.05) is 6.92 Å². The molecule has 18 heavy (non-hydrogen) atoms. The fourth-order valence-corrected chi connectivity index (χ4v) is 1.18. The molecule has 0 saturated carbocycles. The van der Waals surface area contributed by atoms with E-state index in [1.54, 1.807) is 6.08 Å². The normalized spacial score (nSPS) is 11.7. The van der Waals surface area contributed by atoms with Gasteiger partial charge in [-0.1, -0.05) is 12.1 Å². The molecule has 0 fully saturated rings. The molecule has 0 aromatic rings. The number of esters is 1. The number of unbranched alkanes of at least 4 members (excludes halogenated alkanes) is 2. The molecule has 0 aliphatic rings. The van der Waals surface area contributed by atoms with Gasteiger partial charge in [0.05, 0.1) is 6.26 Å². The van der Waals surface area contributed by atoms with Gasteiger partial charge in [0.2, 0.25) is 6.54 Å². The second-order valence-electron chi connectivity index (χ2n) is 3.60. The summed E-state index contributed by atoms with van der Waals surface area (Å²) in [4.78, 5) is 21.0. The van der Waals surface area contributed by atoms with Gasteiger partial charge < -0.3 is 9.94 Å². The van der Waals surface area contributed by atoms with E-state index in [9.17, 15) is 14.9 Å². The molecule has 0 radical (unpaired) electrons. The van der Waals surface area contributed by atoms with Gasteiger partial charge in [0.15, 0.2) is 5.71 Å². The highest BCUT2D eigenvalue weighted by Gasteiger charge is 2.12. The standard InChI is InChI=1S/C11H18N2O5/c1-2-3-9-18-11(14)10(12-15)7-5-4-6-8-13(16)17/h3,9,15H,2,4-8H2,1H3. The maximum absolute atomic E-state index is 11.3. The Morgan fingerprint density at radius 2 is 2.17 bits per heavy atom. The van der Waals surface area contributed by atoms with Crippen LogP contribution in [0.25, 0.3) is 0 Å². The van der Waals surface area contributed by atoms with Gasteiger partial charge in [0, 0.05) is 17.8 Å². The lowest BCUT2D eigenvalue weighted by Crippen LogP contribution is -2.15. The molecule has 0 aromatic heterocycles. The first-order valence-electron chi connectivity index (χ1n) is 5.80. The molecular formula is C11H18N2O5. The summed E-state index contributed by atoms with van der Waals surface area (Å²) in [5.74, 6) is -0.698. The maximum Gasteiger partial charge on any atom is 0.360 e.